The highest BCUT2D eigenvalue weighted by Gasteiger charge is 2.36. The third-order valence-corrected chi connectivity index (χ3v) is 7.78. The van der Waals surface area contributed by atoms with Gasteiger partial charge < -0.3 is 5.32 Å². The molecular weight excluding hydrogens is 584 g/mol. The number of carbonyl (C=O) groups is 1. The number of nitrogens with zero attached hydrogens (tertiary/aromatic N) is 5. The Morgan fingerprint density at radius 1 is 1.05 bits per heavy atom. The zero-order valence-corrected chi connectivity index (χ0v) is 22.4. The van der Waals surface area contributed by atoms with E-state index in [9.17, 15) is 18.0 Å². The zero-order valence-electron chi connectivity index (χ0n) is 19.4. The van der Waals surface area contributed by atoms with Crippen molar-refractivity contribution >= 4 is 63.5 Å². The summed E-state index contributed by atoms with van der Waals surface area (Å²) in [4.78, 5) is 18.8. The topological polar surface area (TPSA) is 77.1 Å². The molecule has 196 valence electrons. The zero-order chi connectivity index (χ0) is 27.2. The van der Waals surface area contributed by atoms with E-state index in [0.717, 1.165) is 17.4 Å². The van der Waals surface area contributed by atoms with Gasteiger partial charge in [0, 0.05) is 32.7 Å². The lowest BCUT2D eigenvalue weighted by molar-refractivity contribution is -0.142. The SMILES string of the molecule is CCc1ccc(-c2cc(C(F)(F)F)n3nc(C(=O)Nc4nn(Cc5c(Cl)cccc5Cl)cc4Cl)cc3n2)s1. The molecule has 0 spiro atoms. The van der Waals surface area contributed by atoms with Crippen LogP contribution in [0, 0.1) is 0 Å². The predicted molar refractivity (Wildman–Crippen MR) is 141 cm³/mol. The Hall–Kier alpha value is -3.12. The number of nitrogens with one attached hydrogen (secondary N) is 1. The maximum absolute atomic E-state index is 13.9. The number of anilines is 1. The highest BCUT2D eigenvalue weighted by Crippen LogP contribution is 2.35. The molecule has 0 fully saturated rings. The number of aromatic nitrogens is 5. The fraction of sp³-hybridized carbons (Fsp3) is 0.167. The molecule has 0 unspecified atom stereocenters. The minimum absolute atomic E-state index is 0.00716. The number of thiophene rings is 1. The second-order valence-corrected chi connectivity index (χ2v) is 10.5. The first-order valence-corrected chi connectivity index (χ1v) is 13.0. The maximum atomic E-state index is 13.9. The Morgan fingerprint density at radius 2 is 1.79 bits per heavy atom. The van der Waals surface area contributed by atoms with E-state index >= 15 is 0 Å². The van der Waals surface area contributed by atoms with E-state index < -0.39 is 17.8 Å². The van der Waals surface area contributed by atoms with Crippen molar-refractivity contribution in [3.63, 3.8) is 0 Å². The van der Waals surface area contributed by atoms with Crippen LogP contribution in [0.25, 0.3) is 16.2 Å². The number of fused-ring (bicyclic) bond motifs is 1. The quantitative estimate of drug-likeness (QED) is 0.219. The molecule has 0 bridgehead atoms. The third kappa shape index (κ3) is 5.24. The van der Waals surface area contributed by atoms with Crippen LogP contribution in [-0.4, -0.2) is 30.3 Å². The number of halogens is 6. The van der Waals surface area contributed by atoms with Crippen molar-refractivity contribution in [3.05, 3.63) is 85.6 Å². The van der Waals surface area contributed by atoms with Gasteiger partial charge in [-0.2, -0.15) is 23.4 Å². The van der Waals surface area contributed by atoms with Gasteiger partial charge in [0.15, 0.2) is 22.9 Å². The van der Waals surface area contributed by atoms with Gasteiger partial charge >= 0.3 is 6.18 Å². The monoisotopic (exact) mass is 598 g/mol. The molecule has 14 heteroatoms. The lowest BCUT2D eigenvalue weighted by Gasteiger charge is -2.10. The summed E-state index contributed by atoms with van der Waals surface area (Å²) in [7, 11) is 0. The van der Waals surface area contributed by atoms with Crippen LogP contribution >= 0.6 is 46.1 Å². The van der Waals surface area contributed by atoms with E-state index in [4.69, 9.17) is 34.8 Å². The van der Waals surface area contributed by atoms with Crippen LogP contribution in [0.2, 0.25) is 15.1 Å². The van der Waals surface area contributed by atoms with E-state index in [1.54, 1.807) is 24.3 Å². The number of hydrogen-bond acceptors (Lipinski definition) is 5. The van der Waals surface area contributed by atoms with E-state index in [1.165, 1.54) is 28.3 Å². The van der Waals surface area contributed by atoms with Gasteiger partial charge in [-0.15, -0.1) is 11.3 Å². The van der Waals surface area contributed by atoms with E-state index in [0.29, 0.717) is 25.0 Å². The summed E-state index contributed by atoms with van der Waals surface area (Å²) in [5.41, 5.74) is -0.730. The first kappa shape index (κ1) is 26.5. The van der Waals surface area contributed by atoms with Crippen molar-refractivity contribution in [2.24, 2.45) is 0 Å². The van der Waals surface area contributed by atoms with Gasteiger partial charge in [-0.1, -0.05) is 47.8 Å². The molecule has 5 aromatic rings. The summed E-state index contributed by atoms with van der Waals surface area (Å²) in [6, 6.07) is 10.7. The van der Waals surface area contributed by atoms with E-state index in [-0.39, 0.29) is 34.4 Å². The number of aryl methyl sites for hydroxylation is 1. The van der Waals surface area contributed by atoms with Crippen LogP contribution in [0.1, 0.15) is 33.5 Å². The molecule has 1 N–H and O–H groups in total. The molecular formula is C24H16Cl3F3N6OS. The number of hydrogen-bond donors (Lipinski definition) is 1. The largest absolute Gasteiger partial charge is 0.433 e. The summed E-state index contributed by atoms with van der Waals surface area (Å²) in [6.45, 7) is 2.13. The second-order valence-electron chi connectivity index (χ2n) is 8.12. The standard InChI is InChI=1S/C24H16Cl3F3N6OS/c1-2-12-6-7-19(38-12)17-8-20(24(28,29)30)36-21(31-17)9-18(33-36)23(37)32-22-16(27)11-35(34-22)10-13-14(25)4-3-5-15(13)26/h3-9,11H,2,10H2,1H3,(H,32,34,37). The molecule has 0 radical (unpaired) electrons. The summed E-state index contributed by atoms with van der Waals surface area (Å²) in [6.07, 6.45) is -2.52. The van der Waals surface area contributed by atoms with Crippen molar-refractivity contribution in [2.45, 2.75) is 26.1 Å². The Bertz CT molecular complexity index is 1660. The number of carbonyl (C=O) groups excluding carboxylic acids is 1. The van der Waals surface area contributed by atoms with Crippen LogP contribution in [-0.2, 0) is 19.1 Å². The third-order valence-electron chi connectivity index (χ3n) is 5.54. The molecule has 0 aliphatic heterocycles. The first-order chi connectivity index (χ1) is 18.0. The van der Waals surface area contributed by atoms with Gasteiger partial charge in [-0.05, 0) is 36.8 Å². The fourth-order valence-corrected chi connectivity index (χ4v) is 5.32. The van der Waals surface area contributed by atoms with Crippen LogP contribution < -0.4 is 5.32 Å². The smallest absolute Gasteiger partial charge is 0.302 e. The molecule has 1 amide bonds. The van der Waals surface area contributed by atoms with E-state index in [1.807, 2.05) is 13.0 Å². The molecule has 1 aromatic carbocycles. The molecule has 0 aliphatic rings. The summed E-state index contributed by atoms with van der Waals surface area (Å²) in [5, 5.41) is 11.6. The van der Waals surface area contributed by atoms with Crippen LogP contribution in [0.15, 0.2) is 48.7 Å². The van der Waals surface area contributed by atoms with Gasteiger partial charge in [-0.3, -0.25) is 9.48 Å². The van der Waals surface area contributed by atoms with Gasteiger partial charge in [0.1, 0.15) is 5.02 Å². The lowest BCUT2D eigenvalue weighted by Crippen LogP contribution is -2.16. The van der Waals surface area contributed by atoms with Gasteiger partial charge in [0.25, 0.3) is 5.91 Å². The Morgan fingerprint density at radius 3 is 2.45 bits per heavy atom. The number of amides is 1. The fourth-order valence-electron chi connectivity index (χ4n) is 3.70. The molecule has 38 heavy (non-hydrogen) atoms. The van der Waals surface area contributed by atoms with Crippen molar-refractivity contribution in [1.82, 2.24) is 24.4 Å². The summed E-state index contributed by atoms with van der Waals surface area (Å²) >= 11 is 20.0. The first-order valence-electron chi connectivity index (χ1n) is 11.1. The van der Waals surface area contributed by atoms with Gasteiger partial charge in [0.05, 0.1) is 17.1 Å². The average Bonchev–Trinajstić information content (AvgIpc) is 3.58. The molecule has 0 atom stereocenters. The van der Waals surface area contributed by atoms with Crippen LogP contribution in [0.3, 0.4) is 0 Å². The normalized spacial score (nSPS) is 11.9. The second kappa shape index (κ2) is 10.2. The molecule has 0 aliphatic carbocycles. The number of alkyl halides is 3. The average molecular weight is 600 g/mol. The molecule has 0 saturated heterocycles. The molecule has 4 aromatic heterocycles. The van der Waals surface area contributed by atoms with Gasteiger partial charge in [0.2, 0.25) is 0 Å². The molecule has 4 heterocycles. The number of rotatable bonds is 6. The summed E-state index contributed by atoms with van der Waals surface area (Å²) < 4.78 is 43.7. The van der Waals surface area contributed by atoms with Crippen molar-refractivity contribution in [2.75, 3.05) is 5.32 Å². The molecule has 5 rings (SSSR count). The van der Waals surface area contributed by atoms with Crippen molar-refractivity contribution < 1.29 is 18.0 Å². The van der Waals surface area contributed by atoms with Crippen LogP contribution in [0.5, 0.6) is 0 Å². The summed E-state index contributed by atoms with van der Waals surface area (Å²) in [5.74, 6) is -0.815. The Balaban J connectivity index is 1.45. The van der Waals surface area contributed by atoms with Crippen LogP contribution in [0.4, 0.5) is 19.0 Å². The highest BCUT2D eigenvalue weighted by atomic mass is 35.5. The Labute approximate surface area is 232 Å². The van der Waals surface area contributed by atoms with E-state index in [2.05, 4.69) is 20.5 Å². The minimum Gasteiger partial charge on any atom is -0.302 e. The Kier molecular flexibility index (Phi) is 7.12. The highest BCUT2D eigenvalue weighted by molar-refractivity contribution is 7.15. The van der Waals surface area contributed by atoms with Gasteiger partial charge in [-0.25, -0.2) is 9.50 Å². The molecule has 7 nitrogen and oxygen atoms in total. The predicted octanol–water partition coefficient (Wildman–Crippen LogP) is 7.50. The molecule has 0 saturated carbocycles. The minimum atomic E-state index is -4.73. The maximum Gasteiger partial charge on any atom is 0.433 e. The number of benzene rings is 1. The van der Waals surface area contributed by atoms with Crippen molar-refractivity contribution in [3.8, 4) is 10.6 Å². The lowest BCUT2D eigenvalue weighted by atomic mass is 10.2. The van der Waals surface area contributed by atoms with Crippen molar-refractivity contribution in [1.29, 1.82) is 0 Å².